The average Bonchev–Trinajstić information content (AvgIpc) is 2.20. The van der Waals surface area contributed by atoms with Gasteiger partial charge in [0.2, 0.25) is 0 Å². The number of benzene rings is 1. The first-order chi connectivity index (χ1) is 6.38. The van der Waals surface area contributed by atoms with Gasteiger partial charge < -0.3 is 10.1 Å². The molecular formula is C11H16ClNO. The second kappa shape index (κ2) is 5.35. The molecule has 1 saturated heterocycles. The van der Waals surface area contributed by atoms with E-state index >= 15 is 0 Å². The first-order valence-corrected chi connectivity index (χ1v) is 4.78. The molecule has 1 aliphatic rings. The van der Waals surface area contributed by atoms with E-state index in [1.807, 2.05) is 6.07 Å². The molecule has 0 bridgehead atoms. The number of nitrogens with one attached hydrogen (secondary N) is 1. The Kier molecular flexibility index (Phi) is 4.39. The third-order valence-electron chi connectivity index (χ3n) is 2.48. The Labute approximate surface area is 91.1 Å². The fraction of sp³-hybridized carbons (Fsp3) is 0.455. The van der Waals surface area contributed by atoms with Gasteiger partial charge in [0.25, 0.3) is 0 Å². The third kappa shape index (κ3) is 2.47. The van der Waals surface area contributed by atoms with Gasteiger partial charge in [0, 0.05) is 6.54 Å². The normalized spacial score (nSPS) is 26.6. The Morgan fingerprint density at radius 2 is 2.00 bits per heavy atom. The molecule has 1 heterocycles. The number of hydrogen-bond acceptors (Lipinski definition) is 2. The summed E-state index contributed by atoms with van der Waals surface area (Å²) in [7, 11) is 0. The molecule has 0 unspecified atom stereocenters. The van der Waals surface area contributed by atoms with Gasteiger partial charge in [0.05, 0.1) is 18.8 Å². The van der Waals surface area contributed by atoms with Gasteiger partial charge in [0.1, 0.15) is 0 Å². The van der Waals surface area contributed by atoms with Crippen LogP contribution in [0.3, 0.4) is 0 Å². The van der Waals surface area contributed by atoms with Crippen LogP contribution in [0.4, 0.5) is 0 Å². The molecule has 2 rings (SSSR count). The van der Waals surface area contributed by atoms with E-state index in [2.05, 4.69) is 36.5 Å². The van der Waals surface area contributed by atoms with Crippen LogP contribution in [0.15, 0.2) is 30.3 Å². The van der Waals surface area contributed by atoms with Crippen LogP contribution in [0.25, 0.3) is 0 Å². The molecule has 1 N–H and O–H groups in total. The molecule has 0 amide bonds. The minimum absolute atomic E-state index is 0. The summed E-state index contributed by atoms with van der Waals surface area (Å²) >= 11 is 0. The van der Waals surface area contributed by atoms with E-state index in [0.29, 0.717) is 6.04 Å². The van der Waals surface area contributed by atoms with Gasteiger partial charge in [-0.15, -0.1) is 12.4 Å². The van der Waals surface area contributed by atoms with Gasteiger partial charge in [-0.3, -0.25) is 0 Å². The molecular weight excluding hydrogens is 198 g/mol. The van der Waals surface area contributed by atoms with Crippen LogP contribution in [0.1, 0.15) is 18.5 Å². The zero-order valence-corrected chi connectivity index (χ0v) is 9.09. The zero-order chi connectivity index (χ0) is 9.10. The molecule has 0 spiro atoms. The fourth-order valence-corrected chi connectivity index (χ4v) is 1.77. The summed E-state index contributed by atoms with van der Waals surface area (Å²) in [4.78, 5) is 0. The second-order valence-electron chi connectivity index (χ2n) is 3.42. The van der Waals surface area contributed by atoms with Crippen LogP contribution in [0.2, 0.25) is 0 Å². The quantitative estimate of drug-likeness (QED) is 0.772. The van der Waals surface area contributed by atoms with Crippen molar-refractivity contribution in [2.24, 2.45) is 0 Å². The van der Waals surface area contributed by atoms with E-state index in [-0.39, 0.29) is 18.5 Å². The summed E-state index contributed by atoms with van der Waals surface area (Å²) in [6, 6.07) is 10.8. The van der Waals surface area contributed by atoms with Crippen molar-refractivity contribution in [3.05, 3.63) is 35.9 Å². The molecule has 1 aromatic rings. The zero-order valence-electron chi connectivity index (χ0n) is 8.27. The smallest absolute Gasteiger partial charge is 0.0742 e. The number of ether oxygens (including phenoxy) is 1. The van der Waals surface area contributed by atoms with E-state index in [9.17, 15) is 0 Å². The lowest BCUT2D eigenvalue weighted by atomic mass is 10.0. The summed E-state index contributed by atoms with van der Waals surface area (Å²) < 4.78 is 5.58. The highest BCUT2D eigenvalue weighted by atomic mass is 35.5. The predicted molar refractivity (Wildman–Crippen MR) is 59.8 cm³/mol. The molecule has 2 atom stereocenters. The second-order valence-corrected chi connectivity index (χ2v) is 3.42. The Morgan fingerprint density at radius 1 is 1.29 bits per heavy atom. The maximum Gasteiger partial charge on any atom is 0.0742 e. The molecule has 14 heavy (non-hydrogen) atoms. The highest BCUT2D eigenvalue weighted by molar-refractivity contribution is 5.85. The van der Waals surface area contributed by atoms with E-state index in [1.54, 1.807) is 0 Å². The van der Waals surface area contributed by atoms with E-state index in [1.165, 1.54) is 5.56 Å². The molecule has 0 aromatic heterocycles. The Balaban J connectivity index is 0.000000980. The van der Waals surface area contributed by atoms with Gasteiger partial charge in [0.15, 0.2) is 0 Å². The van der Waals surface area contributed by atoms with Crippen molar-refractivity contribution < 1.29 is 4.74 Å². The summed E-state index contributed by atoms with van der Waals surface area (Å²) in [5.74, 6) is 0. The van der Waals surface area contributed by atoms with E-state index in [0.717, 1.165) is 13.2 Å². The lowest BCUT2D eigenvalue weighted by molar-refractivity contribution is 0.00756. The van der Waals surface area contributed by atoms with Crippen molar-refractivity contribution in [1.82, 2.24) is 5.32 Å². The lowest BCUT2D eigenvalue weighted by Gasteiger charge is -2.30. The van der Waals surface area contributed by atoms with Crippen LogP contribution < -0.4 is 5.32 Å². The first-order valence-electron chi connectivity index (χ1n) is 4.78. The topological polar surface area (TPSA) is 21.3 Å². The molecule has 3 heteroatoms. The maximum absolute atomic E-state index is 5.58. The summed E-state index contributed by atoms with van der Waals surface area (Å²) in [6.07, 6.45) is 0.274. The SMILES string of the molecule is C[C@@H]1OCCN[C@@H]1c1ccccc1.Cl. The van der Waals surface area contributed by atoms with Crippen LogP contribution >= 0.6 is 12.4 Å². The Bertz CT molecular complexity index is 265. The van der Waals surface area contributed by atoms with Gasteiger partial charge in [-0.2, -0.15) is 0 Å². The van der Waals surface area contributed by atoms with E-state index < -0.39 is 0 Å². The summed E-state index contributed by atoms with van der Waals surface area (Å²) in [6.45, 7) is 3.89. The van der Waals surface area contributed by atoms with Crippen molar-refractivity contribution in [2.45, 2.75) is 19.1 Å². The van der Waals surface area contributed by atoms with E-state index in [4.69, 9.17) is 4.74 Å². The molecule has 1 aliphatic heterocycles. The predicted octanol–water partition coefficient (Wildman–Crippen LogP) is 2.16. The highest BCUT2D eigenvalue weighted by Crippen LogP contribution is 2.20. The number of halogens is 1. The molecule has 0 saturated carbocycles. The Hall–Kier alpha value is -0.570. The van der Waals surface area contributed by atoms with Crippen molar-refractivity contribution >= 4 is 12.4 Å². The fourth-order valence-electron chi connectivity index (χ4n) is 1.77. The Morgan fingerprint density at radius 3 is 2.64 bits per heavy atom. The van der Waals surface area contributed by atoms with Gasteiger partial charge in [-0.25, -0.2) is 0 Å². The van der Waals surface area contributed by atoms with Crippen molar-refractivity contribution in [3.8, 4) is 0 Å². The van der Waals surface area contributed by atoms with Crippen LogP contribution in [-0.4, -0.2) is 19.3 Å². The number of hydrogen-bond donors (Lipinski definition) is 1. The molecule has 1 aromatic carbocycles. The van der Waals surface area contributed by atoms with Crippen LogP contribution in [0, 0.1) is 0 Å². The largest absolute Gasteiger partial charge is 0.375 e. The molecule has 78 valence electrons. The van der Waals surface area contributed by atoms with Gasteiger partial charge >= 0.3 is 0 Å². The van der Waals surface area contributed by atoms with Crippen LogP contribution in [-0.2, 0) is 4.74 Å². The van der Waals surface area contributed by atoms with Gasteiger partial charge in [-0.1, -0.05) is 30.3 Å². The van der Waals surface area contributed by atoms with Crippen molar-refractivity contribution in [3.63, 3.8) is 0 Å². The highest BCUT2D eigenvalue weighted by Gasteiger charge is 2.22. The number of morpholine rings is 1. The maximum atomic E-state index is 5.58. The van der Waals surface area contributed by atoms with Crippen molar-refractivity contribution in [1.29, 1.82) is 0 Å². The molecule has 1 fully saturated rings. The minimum Gasteiger partial charge on any atom is -0.375 e. The van der Waals surface area contributed by atoms with Crippen LogP contribution in [0.5, 0.6) is 0 Å². The standard InChI is InChI=1S/C11H15NO.ClH/c1-9-11(12-7-8-13-9)10-5-3-2-4-6-10;/h2-6,9,11-12H,7-8H2,1H3;1H/t9-,11-;/m0./s1. The summed E-state index contributed by atoms with van der Waals surface area (Å²) in [5.41, 5.74) is 1.31. The minimum atomic E-state index is 0. The lowest BCUT2D eigenvalue weighted by Crippen LogP contribution is -2.40. The van der Waals surface area contributed by atoms with Crippen molar-refractivity contribution in [2.75, 3.05) is 13.2 Å². The molecule has 0 radical (unpaired) electrons. The number of rotatable bonds is 1. The van der Waals surface area contributed by atoms with Gasteiger partial charge in [-0.05, 0) is 12.5 Å². The molecule has 0 aliphatic carbocycles. The monoisotopic (exact) mass is 213 g/mol. The molecule has 2 nitrogen and oxygen atoms in total. The average molecular weight is 214 g/mol. The first kappa shape index (κ1) is 11.5. The third-order valence-corrected chi connectivity index (χ3v) is 2.48. The summed E-state index contributed by atoms with van der Waals surface area (Å²) in [5, 5.41) is 3.46.